The normalized spacial score (nSPS) is 16.4. The quantitative estimate of drug-likeness (QED) is 0.798. The van der Waals surface area contributed by atoms with Gasteiger partial charge in [-0.25, -0.2) is 9.07 Å². The van der Waals surface area contributed by atoms with Crippen molar-refractivity contribution in [2.75, 3.05) is 32.8 Å². The molecular weight excluding hydrogens is 383 g/mol. The van der Waals surface area contributed by atoms with Crippen LogP contribution < -0.4 is 5.32 Å². The first kappa shape index (κ1) is 20.8. The number of carbonyl (C=O) groups excluding carboxylic acids is 1. The smallest absolute Gasteiger partial charge is 0.256 e. The van der Waals surface area contributed by atoms with Crippen molar-refractivity contribution in [1.29, 1.82) is 0 Å². The first-order valence-corrected chi connectivity index (χ1v) is 9.87. The number of benzene rings is 1. The zero-order valence-corrected chi connectivity index (χ0v) is 17.2. The van der Waals surface area contributed by atoms with Crippen LogP contribution in [-0.4, -0.2) is 59.5 Å². The van der Waals surface area contributed by atoms with Gasteiger partial charge in [-0.3, -0.25) is 9.69 Å². The summed E-state index contributed by atoms with van der Waals surface area (Å²) in [5.41, 5.74) is 1.47. The van der Waals surface area contributed by atoms with Crippen LogP contribution in [-0.2, 0) is 4.74 Å². The monoisotopic (exact) mass is 408 g/mol. The van der Waals surface area contributed by atoms with Gasteiger partial charge in [0.25, 0.3) is 5.91 Å². The summed E-state index contributed by atoms with van der Waals surface area (Å²) < 4.78 is 20.1. The maximum absolute atomic E-state index is 13.2. The molecule has 0 spiro atoms. The molecule has 2 aromatic rings. The molecule has 152 valence electrons. The number of nitrogens with one attached hydrogen (secondary N) is 1. The molecule has 1 aromatic heterocycles. The van der Waals surface area contributed by atoms with Crippen molar-refractivity contribution in [3.63, 3.8) is 0 Å². The molecule has 1 N–H and O–H groups in total. The Morgan fingerprint density at radius 3 is 2.54 bits per heavy atom. The summed E-state index contributed by atoms with van der Waals surface area (Å²) >= 11 is 6.44. The highest BCUT2D eigenvalue weighted by atomic mass is 35.5. The second kappa shape index (κ2) is 9.03. The van der Waals surface area contributed by atoms with E-state index < -0.39 is 0 Å². The van der Waals surface area contributed by atoms with Crippen LogP contribution in [0.2, 0.25) is 5.15 Å². The number of nitrogens with zero attached hydrogens (tertiary/aromatic N) is 3. The molecule has 0 radical (unpaired) electrons. The van der Waals surface area contributed by atoms with Crippen LogP contribution in [0.1, 0.15) is 29.9 Å². The highest BCUT2D eigenvalue weighted by Gasteiger charge is 2.26. The number of hydrogen-bond acceptors (Lipinski definition) is 4. The predicted molar refractivity (Wildman–Crippen MR) is 107 cm³/mol. The Labute approximate surface area is 169 Å². The molecule has 1 aliphatic rings. The van der Waals surface area contributed by atoms with Crippen molar-refractivity contribution in [1.82, 2.24) is 20.0 Å². The van der Waals surface area contributed by atoms with E-state index in [2.05, 4.69) is 29.2 Å². The average Bonchev–Trinajstić information content (AvgIpc) is 2.97. The average molecular weight is 409 g/mol. The fourth-order valence-corrected chi connectivity index (χ4v) is 3.85. The summed E-state index contributed by atoms with van der Waals surface area (Å²) in [7, 11) is 0. The van der Waals surface area contributed by atoms with Crippen LogP contribution in [0.4, 0.5) is 4.39 Å². The summed E-state index contributed by atoms with van der Waals surface area (Å²) in [6.45, 7) is 9.71. The zero-order chi connectivity index (χ0) is 20.3. The lowest BCUT2D eigenvalue weighted by atomic mass is 10.0. The third kappa shape index (κ3) is 4.54. The van der Waals surface area contributed by atoms with E-state index in [0.29, 0.717) is 42.6 Å². The van der Waals surface area contributed by atoms with E-state index in [4.69, 9.17) is 16.3 Å². The Morgan fingerprint density at radius 2 is 1.93 bits per heavy atom. The van der Waals surface area contributed by atoms with Crippen molar-refractivity contribution in [3.05, 3.63) is 46.5 Å². The number of ether oxygens (including phenoxy) is 1. The number of amides is 1. The highest BCUT2D eigenvalue weighted by Crippen LogP contribution is 2.24. The number of morpholine rings is 1. The summed E-state index contributed by atoms with van der Waals surface area (Å²) in [5.74, 6) is -0.212. The molecule has 6 nitrogen and oxygen atoms in total. The van der Waals surface area contributed by atoms with Crippen LogP contribution >= 0.6 is 11.6 Å². The Balaban J connectivity index is 1.74. The van der Waals surface area contributed by atoms with E-state index in [9.17, 15) is 9.18 Å². The molecular formula is C20H26ClFN4O2. The first-order chi connectivity index (χ1) is 13.4. The first-order valence-electron chi connectivity index (χ1n) is 9.49. The maximum atomic E-state index is 13.2. The van der Waals surface area contributed by atoms with E-state index in [1.165, 1.54) is 16.8 Å². The topological polar surface area (TPSA) is 59.4 Å². The van der Waals surface area contributed by atoms with E-state index >= 15 is 0 Å². The van der Waals surface area contributed by atoms with Gasteiger partial charge >= 0.3 is 0 Å². The minimum atomic E-state index is -0.343. The Kier molecular flexibility index (Phi) is 6.69. The SMILES string of the molecule is Cc1nn(-c2ccc(F)cc2)c(Cl)c1C(=O)NCC(C(C)C)N1CCOCC1. The minimum absolute atomic E-state index is 0.217. The number of rotatable bonds is 6. The Bertz CT molecular complexity index is 816. The van der Waals surface area contributed by atoms with Crippen LogP contribution in [0, 0.1) is 18.7 Å². The molecule has 1 saturated heterocycles. The van der Waals surface area contributed by atoms with Gasteiger partial charge in [0, 0.05) is 25.7 Å². The summed E-state index contributed by atoms with van der Waals surface area (Å²) in [5, 5.41) is 7.59. The van der Waals surface area contributed by atoms with Gasteiger partial charge in [0.2, 0.25) is 0 Å². The van der Waals surface area contributed by atoms with E-state index in [1.807, 2.05) is 0 Å². The van der Waals surface area contributed by atoms with Crippen molar-refractivity contribution in [2.24, 2.45) is 5.92 Å². The standard InChI is InChI=1S/C20H26ClFN4O2/c1-13(2)17(25-8-10-28-11-9-25)12-23-20(27)18-14(3)24-26(19(18)21)16-6-4-15(22)5-7-16/h4-7,13,17H,8-12H2,1-3H3,(H,23,27). The highest BCUT2D eigenvalue weighted by molar-refractivity contribution is 6.33. The lowest BCUT2D eigenvalue weighted by Gasteiger charge is -2.36. The van der Waals surface area contributed by atoms with E-state index in [1.54, 1.807) is 19.1 Å². The fraction of sp³-hybridized carbons (Fsp3) is 0.500. The van der Waals surface area contributed by atoms with Gasteiger partial charge in [-0.05, 0) is 37.1 Å². The molecule has 1 atom stereocenters. The second-order valence-electron chi connectivity index (χ2n) is 7.31. The van der Waals surface area contributed by atoms with Crippen molar-refractivity contribution in [3.8, 4) is 5.69 Å². The van der Waals surface area contributed by atoms with Gasteiger partial charge in [-0.2, -0.15) is 5.10 Å². The molecule has 0 aliphatic carbocycles. The van der Waals surface area contributed by atoms with Gasteiger partial charge < -0.3 is 10.1 Å². The number of carbonyl (C=O) groups is 1. The number of hydrogen-bond donors (Lipinski definition) is 1. The minimum Gasteiger partial charge on any atom is -0.379 e. The van der Waals surface area contributed by atoms with E-state index in [-0.39, 0.29) is 22.9 Å². The maximum Gasteiger partial charge on any atom is 0.256 e. The number of halogens is 2. The summed E-state index contributed by atoms with van der Waals surface area (Å²) in [6, 6.07) is 6.03. The number of aromatic nitrogens is 2. The molecule has 28 heavy (non-hydrogen) atoms. The molecule has 0 bridgehead atoms. The summed E-state index contributed by atoms with van der Waals surface area (Å²) in [6.07, 6.45) is 0. The molecule has 3 rings (SSSR count). The van der Waals surface area contributed by atoms with Crippen LogP contribution in [0.15, 0.2) is 24.3 Å². The van der Waals surface area contributed by atoms with Gasteiger partial charge in [-0.1, -0.05) is 25.4 Å². The molecule has 1 aromatic carbocycles. The Morgan fingerprint density at radius 1 is 1.29 bits per heavy atom. The molecule has 1 unspecified atom stereocenters. The lowest BCUT2D eigenvalue weighted by molar-refractivity contribution is 0.00672. The lowest BCUT2D eigenvalue weighted by Crippen LogP contribution is -2.51. The van der Waals surface area contributed by atoms with Crippen molar-refractivity contribution >= 4 is 17.5 Å². The van der Waals surface area contributed by atoms with Gasteiger partial charge in [-0.15, -0.1) is 0 Å². The van der Waals surface area contributed by atoms with Gasteiger partial charge in [0.15, 0.2) is 0 Å². The van der Waals surface area contributed by atoms with Crippen LogP contribution in [0.25, 0.3) is 5.69 Å². The number of aryl methyl sites for hydroxylation is 1. The Hall–Kier alpha value is -1.96. The van der Waals surface area contributed by atoms with Crippen molar-refractivity contribution in [2.45, 2.75) is 26.8 Å². The molecule has 1 amide bonds. The third-order valence-electron chi connectivity index (χ3n) is 5.06. The fourth-order valence-electron chi connectivity index (χ4n) is 3.49. The second-order valence-corrected chi connectivity index (χ2v) is 7.67. The van der Waals surface area contributed by atoms with Gasteiger partial charge in [0.05, 0.1) is 30.2 Å². The van der Waals surface area contributed by atoms with Crippen LogP contribution in [0.5, 0.6) is 0 Å². The zero-order valence-electron chi connectivity index (χ0n) is 16.4. The summed E-state index contributed by atoms with van der Waals surface area (Å²) in [4.78, 5) is 15.2. The van der Waals surface area contributed by atoms with Gasteiger partial charge in [0.1, 0.15) is 11.0 Å². The molecule has 1 fully saturated rings. The van der Waals surface area contributed by atoms with Crippen LogP contribution in [0.3, 0.4) is 0 Å². The molecule has 2 heterocycles. The van der Waals surface area contributed by atoms with E-state index in [0.717, 1.165) is 13.1 Å². The molecule has 1 aliphatic heterocycles. The molecule has 0 saturated carbocycles. The van der Waals surface area contributed by atoms with Crippen molar-refractivity contribution < 1.29 is 13.9 Å². The largest absolute Gasteiger partial charge is 0.379 e. The predicted octanol–water partition coefficient (Wildman–Crippen LogP) is 3.06. The third-order valence-corrected chi connectivity index (χ3v) is 5.41. The molecule has 8 heteroatoms.